The Hall–Kier alpha value is -2.47. The van der Waals surface area contributed by atoms with E-state index in [1.807, 2.05) is 0 Å². The van der Waals surface area contributed by atoms with Crippen LogP contribution in [0.2, 0.25) is 5.02 Å². The standard InChI is InChI=1S/C14H12ClN3O3/c1-16-13-5-9(10(15)6-17-13)14(19)18-8-2-3-11-12(4-8)21-7-20-11/h2-6H,7H2,1H3,(H,16,17)(H,18,19). The number of carbonyl (C=O) groups is 1. The molecule has 0 unspecified atom stereocenters. The molecule has 2 aromatic rings. The molecule has 0 fully saturated rings. The van der Waals surface area contributed by atoms with Crippen LogP contribution in [0.15, 0.2) is 30.5 Å². The van der Waals surface area contributed by atoms with Crippen LogP contribution < -0.4 is 20.1 Å². The highest BCUT2D eigenvalue weighted by Crippen LogP contribution is 2.34. The fraction of sp³-hybridized carbons (Fsp3) is 0.143. The summed E-state index contributed by atoms with van der Waals surface area (Å²) in [6.45, 7) is 0.189. The van der Waals surface area contributed by atoms with Crippen LogP contribution in [0.5, 0.6) is 11.5 Å². The molecule has 0 aliphatic carbocycles. The second kappa shape index (κ2) is 5.49. The number of aromatic nitrogens is 1. The number of pyridine rings is 1. The van der Waals surface area contributed by atoms with Crippen molar-refractivity contribution in [3.8, 4) is 11.5 Å². The van der Waals surface area contributed by atoms with Crippen LogP contribution in [-0.2, 0) is 0 Å². The van der Waals surface area contributed by atoms with Crippen LogP contribution in [0.3, 0.4) is 0 Å². The zero-order valence-electron chi connectivity index (χ0n) is 11.1. The maximum Gasteiger partial charge on any atom is 0.257 e. The van der Waals surface area contributed by atoms with E-state index in [1.165, 1.54) is 6.20 Å². The lowest BCUT2D eigenvalue weighted by Gasteiger charge is -2.08. The van der Waals surface area contributed by atoms with Crippen LogP contribution in [0.1, 0.15) is 10.4 Å². The molecule has 1 aromatic heterocycles. The molecular formula is C14H12ClN3O3. The van der Waals surface area contributed by atoms with E-state index < -0.39 is 0 Å². The number of fused-ring (bicyclic) bond motifs is 1. The average molecular weight is 306 g/mol. The molecule has 0 radical (unpaired) electrons. The first-order valence-corrected chi connectivity index (χ1v) is 6.59. The van der Waals surface area contributed by atoms with Gasteiger partial charge in [0.15, 0.2) is 11.5 Å². The van der Waals surface area contributed by atoms with Crippen molar-refractivity contribution >= 4 is 29.0 Å². The molecule has 1 aromatic carbocycles. The molecule has 1 amide bonds. The molecular weight excluding hydrogens is 294 g/mol. The SMILES string of the molecule is CNc1cc(C(=O)Nc2ccc3c(c2)OCO3)c(Cl)cn1. The summed E-state index contributed by atoms with van der Waals surface area (Å²) in [6, 6.07) is 6.77. The molecule has 1 aliphatic rings. The maximum atomic E-state index is 12.3. The molecule has 7 heteroatoms. The number of rotatable bonds is 3. The summed E-state index contributed by atoms with van der Waals surface area (Å²) >= 11 is 6.01. The third kappa shape index (κ3) is 2.71. The van der Waals surface area contributed by atoms with E-state index >= 15 is 0 Å². The van der Waals surface area contributed by atoms with Crippen molar-refractivity contribution < 1.29 is 14.3 Å². The minimum atomic E-state index is -0.322. The van der Waals surface area contributed by atoms with Gasteiger partial charge < -0.3 is 20.1 Å². The molecule has 108 valence electrons. The smallest absolute Gasteiger partial charge is 0.257 e. The van der Waals surface area contributed by atoms with Gasteiger partial charge in [-0.05, 0) is 18.2 Å². The van der Waals surface area contributed by atoms with Gasteiger partial charge in [0.2, 0.25) is 6.79 Å². The summed E-state index contributed by atoms with van der Waals surface area (Å²) in [7, 11) is 1.72. The van der Waals surface area contributed by atoms with Gasteiger partial charge in [-0.1, -0.05) is 11.6 Å². The molecule has 0 saturated heterocycles. The Morgan fingerprint density at radius 1 is 1.29 bits per heavy atom. The van der Waals surface area contributed by atoms with E-state index in [0.29, 0.717) is 28.6 Å². The molecule has 6 nitrogen and oxygen atoms in total. The van der Waals surface area contributed by atoms with E-state index in [4.69, 9.17) is 21.1 Å². The molecule has 2 N–H and O–H groups in total. The lowest BCUT2D eigenvalue weighted by Crippen LogP contribution is -2.13. The molecule has 0 saturated carbocycles. The van der Waals surface area contributed by atoms with E-state index in [-0.39, 0.29) is 17.7 Å². The summed E-state index contributed by atoms with van der Waals surface area (Å²) in [5.41, 5.74) is 0.942. The first kappa shape index (κ1) is 13.5. The highest BCUT2D eigenvalue weighted by atomic mass is 35.5. The second-order valence-corrected chi connectivity index (χ2v) is 4.73. The Morgan fingerprint density at radius 3 is 2.90 bits per heavy atom. The molecule has 1 aliphatic heterocycles. The van der Waals surface area contributed by atoms with E-state index in [9.17, 15) is 4.79 Å². The van der Waals surface area contributed by atoms with Crippen LogP contribution in [-0.4, -0.2) is 24.7 Å². The Bertz CT molecular complexity index is 706. The summed E-state index contributed by atoms with van der Waals surface area (Å²) in [4.78, 5) is 16.3. The lowest BCUT2D eigenvalue weighted by atomic mass is 10.2. The largest absolute Gasteiger partial charge is 0.454 e. The number of hydrogen-bond donors (Lipinski definition) is 2. The van der Waals surface area contributed by atoms with Gasteiger partial charge in [-0.15, -0.1) is 0 Å². The monoisotopic (exact) mass is 305 g/mol. The molecule has 0 bridgehead atoms. The highest BCUT2D eigenvalue weighted by Gasteiger charge is 2.16. The number of halogens is 1. The van der Waals surface area contributed by atoms with Crippen molar-refractivity contribution in [1.29, 1.82) is 0 Å². The summed E-state index contributed by atoms with van der Waals surface area (Å²) < 4.78 is 10.5. The Morgan fingerprint density at radius 2 is 2.10 bits per heavy atom. The highest BCUT2D eigenvalue weighted by molar-refractivity contribution is 6.34. The fourth-order valence-corrected chi connectivity index (χ4v) is 2.11. The van der Waals surface area contributed by atoms with E-state index in [1.54, 1.807) is 31.3 Å². The number of benzene rings is 1. The summed E-state index contributed by atoms with van der Waals surface area (Å²) in [5, 5.41) is 5.91. The van der Waals surface area contributed by atoms with Gasteiger partial charge in [-0.25, -0.2) is 4.98 Å². The fourth-order valence-electron chi connectivity index (χ4n) is 1.92. The summed E-state index contributed by atoms with van der Waals surface area (Å²) in [6.07, 6.45) is 1.43. The normalized spacial score (nSPS) is 12.1. The molecule has 3 rings (SSSR count). The minimum absolute atomic E-state index is 0.189. The average Bonchev–Trinajstić information content (AvgIpc) is 2.95. The first-order chi connectivity index (χ1) is 10.2. The van der Waals surface area contributed by atoms with Gasteiger partial charge in [0, 0.05) is 25.0 Å². The predicted octanol–water partition coefficient (Wildman–Crippen LogP) is 2.76. The van der Waals surface area contributed by atoms with Gasteiger partial charge in [0.05, 0.1) is 10.6 Å². The maximum absolute atomic E-state index is 12.3. The molecule has 0 spiro atoms. The third-order valence-electron chi connectivity index (χ3n) is 2.99. The number of nitrogens with one attached hydrogen (secondary N) is 2. The van der Waals surface area contributed by atoms with Crippen LogP contribution in [0, 0.1) is 0 Å². The van der Waals surface area contributed by atoms with Crippen molar-refractivity contribution in [3.05, 3.63) is 41.0 Å². The zero-order chi connectivity index (χ0) is 14.8. The van der Waals surface area contributed by atoms with Crippen LogP contribution in [0.25, 0.3) is 0 Å². The summed E-state index contributed by atoms with van der Waals surface area (Å²) in [5.74, 6) is 1.50. The van der Waals surface area contributed by atoms with Crippen molar-refractivity contribution in [3.63, 3.8) is 0 Å². The second-order valence-electron chi connectivity index (χ2n) is 4.32. The van der Waals surface area contributed by atoms with Crippen molar-refractivity contribution in [1.82, 2.24) is 4.98 Å². The Balaban J connectivity index is 1.83. The molecule has 21 heavy (non-hydrogen) atoms. The van der Waals surface area contributed by atoms with Gasteiger partial charge in [-0.2, -0.15) is 0 Å². The van der Waals surface area contributed by atoms with Gasteiger partial charge in [0.25, 0.3) is 5.91 Å². The molecule has 2 heterocycles. The predicted molar refractivity (Wildman–Crippen MR) is 79.3 cm³/mol. The number of ether oxygens (including phenoxy) is 2. The zero-order valence-corrected chi connectivity index (χ0v) is 11.9. The Kier molecular flexibility index (Phi) is 3.53. The lowest BCUT2D eigenvalue weighted by molar-refractivity contribution is 0.102. The molecule has 0 atom stereocenters. The third-order valence-corrected chi connectivity index (χ3v) is 3.29. The van der Waals surface area contributed by atoms with Crippen LogP contribution in [0.4, 0.5) is 11.5 Å². The minimum Gasteiger partial charge on any atom is -0.454 e. The number of carbonyl (C=O) groups excluding carboxylic acids is 1. The van der Waals surface area contributed by atoms with Crippen LogP contribution >= 0.6 is 11.6 Å². The van der Waals surface area contributed by atoms with Gasteiger partial charge in [0.1, 0.15) is 5.82 Å². The van der Waals surface area contributed by atoms with Gasteiger partial charge >= 0.3 is 0 Å². The number of anilines is 2. The van der Waals surface area contributed by atoms with Gasteiger partial charge in [-0.3, -0.25) is 4.79 Å². The van der Waals surface area contributed by atoms with E-state index in [2.05, 4.69) is 15.6 Å². The van der Waals surface area contributed by atoms with Crippen molar-refractivity contribution in [2.24, 2.45) is 0 Å². The number of nitrogens with zero attached hydrogens (tertiary/aromatic N) is 1. The number of hydrogen-bond acceptors (Lipinski definition) is 5. The van der Waals surface area contributed by atoms with Crippen molar-refractivity contribution in [2.75, 3.05) is 24.5 Å². The topological polar surface area (TPSA) is 72.5 Å². The Labute approximate surface area is 126 Å². The first-order valence-electron chi connectivity index (χ1n) is 6.21. The number of amides is 1. The van der Waals surface area contributed by atoms with Crippen molar-refractivity contribution in [2.45, 2.75) is 0 Å². The van der Waals surface area contributed by atoms with E-state index in [0.717, 1.165) is 0 Å². The quantitative estimate of drug-likeness (QED) is 0.912.